The SMILES string of the molecule is CNc1snc(C)c1-c1nc(CCCOC)no1. The zero-order valence-corrected chi connectivity index (χ0v) is 11.5. The van der Waals surface area contributed by atoms with Crippen molar-refractivity contribution in [1.29, 1.82) is 0 Å². The Kier molecular flexibility index (Phi) is 4.27. The normalized spacial score (nSPS) is 10.8. The quantitative estimate of drug-likeness (QED) is 0.809. The van der Waals surface area contributed by atoms with Crippen molar-refractivity contribution >= 4 is 16.5 Å². The summed E-state index contributed by atoms with van der Waals surface area (Å²) in [6.07, 6.45) is 1.64. The first-order chi connectivity index (χ1) is 8.76. The summed E-state index contributed by atoms with van der Waals surface area (Å²) in [5.74, 6) is 1.23. The van der Waals surface area contributed by atoms with E-state index >= 15 is 0 Å². The largest absolute Gasteiger partial charge is 0.385 e. The fourth-order valence-corrected chi connectivity index (χ4v) is 2.36. The number of anilines is 1. The van der Waals surface area contributed by atoms with Crippen molar-refractivity contribution in [3.8, 4) is 11.5 Å². The lowest BCUT2D eigenvalue weighted by Crippen LogP contribution is -1.94. The van der Waals surface area contributed by atoms with Crippen LogP contribution < -0.4 is 5.32 Å². The zero-order chi connectivity index (χ0) is 13.0. The molecule has 0 spiro atoms. The third-order valence-electron chi connectivity index (χ3n) is 2.52. The van der Waals surface area contributed by atoms with E-state index in [1.807, 2.05) is 14.0 Å². The Morgan fingerprint density at radius 1 is 1.44 bits per heavy atom. The summed E-state index contributed by atoms with van der Waals surface area (Å²) in [5.41, 5.74) is 1.80. The number of hydrogen-bond acceptors (Lipinski definition) is 7. The maximum absolute atomic E-state index is 5.29. The molecule has 0 fully saturated rings. The molecule has 2 heterocycles. The van der Waals surface area contributed by atoms with Crippen LogP contribution in [0.4, 0.5) is 5.00 Å². The first-order valence-electron chi connectivity index (χ1n) is 5.72. The molecule has 0 saturated carbocycles. The van der Waals surface area contributed by atoms with E-state index in [1.165, 1.54) is 11.5 Å². The number of aryl methyl sites for hydroxylation is 2. The molecule has 2 aromatic rings. The lowest BCUT2D eigenvalue weighted by Gasteiger charge is -1.96. The summed E-state index contributed by atoms with van der Waals surface area (Å²) in [7, 11) is 3.54. The lowest BCUT2D eigenvalue weighted by molar-refractivity contribution is 0.194. The third-order valence-corrected chi connectivity index (χ3v) is 3.48. The molecule has 0 aliphatic heterocycles. The average molecular weight is 268 g/mol. The van der Waals surface area contributed by atoms with Crippen LogP contribution in [0.3, 0.4) is 0 Å². The highest BCUT2D eigenvalue weighted by atomic mass is 32.1. The van der Waals surface area contributed by atoms with Gasteiger partial charge in [0.15, 0.2) is 5.82 Å². The second kappa shape index (κ2) is 5.92. The summed E-state index contributed by atoms with van der Waals surface area (Å²) in [4.78, 5) is 4.39. The van der Waals surface area contributed by atoms with E-state index < -0.39 is 0 Å². The van der Waals surface area contributed by atoms with Gasteiger partial charge >= 0.3 is 0 Å². The van der Waals surface area contributed by atoms with Crippen molar-refractivity contribution in [2.75, 3.05) is 26.1 Å². The van der Waals surface area contributed by atoms with E-state index in [0.717, 1.165) is 29.1 Å². The Labute approximate surface area is 110 Å². The van der Waals surface area contributed by atoms with Crippen LogP contribution in [-0.2, 0) is 11.2 Å². The van der Waals surface area contributed by atoms with Crippen molar-refractivity contribution in [3.63, 3.8) is 0 Å². The molecule has 0 amide bonds. The Morgan fingerprint density at radius 3 is 3.00 bits per heavy atom. The molecule has 0 radical (unpaired) electrons. The molecule has 2 aromatic heterocycles. The topological polar surface area (TPSA) is 73.1 Å². The van der Waals surface area contributed by atoms with Crippen LogP contribution in [0.2, 0.25) is 0 Å². The Balaban J connectivity index is 2.16. The van der Waals surface area contributed by atoms with Crippen molar-refractivity contribution in [2.45, 2.75) is 19.8 Å². The van der Waals surface area contributed by atoms with Crippen LogP contribution in [0.1, 0.15) is 17.9 Å². The van der Waals surface area contributed by atoms with Gasteiger partial charge in [0.1, 0.15) is 5.00 Å². The van der Waals surface area contributed by atoms with Crippen molar-refractivity contribution in [1.82, 2.24) is 14.5 Å². The molecule has 0 aromatic carbocycles. The summed E-state index contributed by atoms with van der Waals surface area (Å²) < 4.78 is 14.6. The molecular weight excluding hydrogens is 252 g/mol. The molecule has 18 heavy (non-hydrogen) atoms. The Hall–Kier alpha value is -1.47. The van der Waals surface area contributed by atoms with Gasteiger partial charge in [-0.05, 0) is 24.9 Å². The molecule has 0 unspecified atom stereocenters. The van der Waals surface area contributed by atoms with Gasteiger partial charge in [-0.1, -0.05) is 5.16 Å². The molecule has 0 atom stereocenters. The smallest absolute Gasteiger partial charge is 0.262 e. The summed E-state index contributed by atoms with van der Waals surface area (Å²) in [6, 6.07) is 0. The van der Waals surface area contributed by atoms with Gasteiger partial charge in [0.25, 0.3) is 5.89 Å². The highest BCUT2D eigenvalue weighted by Crippen LogP contribution is 2.33. The molecule has 7 heteroatoms. The standard InChI is InChI=1S/C11H16N4O2S/c1-7-9(11(12-2)18-15-7)10-13-8(14-17-10)5-4-6-16-3/h12H,4-6H2,1-3H3. The molecule has 0 aliphatic rings. The molecule has 2 rings (SSSR count). The van der Waals surface area contributed by atoms with Gasteiger partial charge in [-0.25, -0.2) is 0 Å². The minimum Gasteiger partial charge on any atom is -0.385 e. The molecule has 1 N–H and O–H groups in total. The predicted octanol–water partition coefficient (Wildman–Crippen LogP) is 2.12. The van der Waals surface area contributed by atoms with Crippen LogP contribution in [0.5, 0.6) is 0 Å². The van der Waals surface area contributed by atoms with Crippen LogP contribution in [0, 0.1) is 6.92 Å². The van der Waals surface area contributed by atoms with Gasteiger partial charge in [-0.3, -0.25) is 0 Å². The fourth-order valence-electron chi connectivity index (χ4n) is 1.62. The molecule has 6 nitrogen and oxygen atoms in total. The first-order valence-corrected chi connectivity index (χ1v) is 6.49. The molecule has 0 saturated heterocycles. The molecule has 0 bridgehead atoms. The van der Waals surface area contributed by atoms with Gasteiger partial charge in [-0.15, -0.1) is 0 Å². The van der Waals surface area contributed by atoms with Gasteiger partial charge in [0.05, 0.1) is 11.3 Å². The highest BCUT2D eigenvalue weighted by molar-refractivity contribution is 7.10. The monoisotopic (exact) mass is 268 g/mol. The number of ether oxygens (including phenoxy) is 1. The second-order valence-electron chi connectivity index (χ2n) is 3.83. The summed E-state index contributed by atoms with van der Waals surface area (Å²) in [6.45, 7) is 2.63. The van der Waals surface area contributed by atoms with E-state index in [0.29, 0.717) is 18.3 Å². The van der Waals surface area contributed by atoms with Gasteiger partial charge in [0, 0.05) is 27.2 Å². The number of rotatable bonds is 6. The van der Waals surface area contributed by atoms with Gasteiger partial charge < -0.3 is 14.6 Å². The third kappa shape index (κ3) is 2.68. The summed E-state index contributed by atoms with van der Waals surface area (Å²) in [5, 5.41) is 8.00. The fraction of sp³-hybridized carbons (Fsp3) is 0.545. The predicted molar refractivity (Wildman–Crippen MR) is 69.9 cm³/mol. The first kappa shape index (κ1) is 13.0. The van der Waals surface area contributed by atoms with E-state index in [-0.39, 0.29) is 0 Å². The molecular formula is C11H16N4O2S. The summed E-state index contributed by atoms with van der Waals surface area (Å²) >= 11 is 1.39. The van der Waals surface area contributed by atoms with Crippen LogP contribution >= 0.6 is 11.5 Å². The number of methoxy groups -OCH3 is 1. The van der Waals surface area contributed by atoms with E-state index in [2.05, 4.69) is 19.8 Å². The lowest BCUT2D eigenvalue weighted by atomic mass is 10.2. The minimum atomic E-state index is 0.526. The molecule has 0 aliphatic carbocycles. The minimum absolute atomic E-state index is 0.526. The maximum Gasteiger partial charge on any atom is 0.262 e. The maximum atomic E-state index is 5.29. The van der Waals surface area contributed by atoms with E-state index in [9.17, 15) is 0 Å². The van der Waals surface area contributed by atoms with Crippen molar-refractivity contribution in [2.24, 2.45) is 0 Å². The average Bonchev–Trinajstić information content (AvgIpc) is 2.96. The number of hydrogen-bond donors (Lipinski definition) is 1. The van der Waals surface area contributed by atoms with Gasteiger partial charge in [-0.2, -0.15) is 9.36 Å². The Morgan fingerprint density at radius 2 is 2.28 bits per heavy atom. The van der Waals surface area contributed by atoms with Crippen LogP contribution in [-0.4, -0.2) is 35.3 Å². The zero-order valence-electron chi connectivity index (χ0n) is 10.7. The van der Waals surface area contributed by atoms with Crippen LogP contribution in [0.25, 0.3) is 11.5 Å². The number of aromatic nitrogens is 3. The Bertz CT molecular complexity index is 509. The molecule has 98 valence electrons. The van der Waals surface area contributed by atoms with Crippen LogP contribution in [0.15, 0.2) is 4.52 Å². The number of nitrogens with zero attached hydrogens (tertiary/aromatic N) is 3. The van der Waals surface area contributed by atoms with Gasteiger partial charge in [0.2, 0.25) is 0 Å². The van der Waals surface area contributed by atoms with E-state index in [1.54, 1.807) is 7.11 Å². The van der Waals surface area contributed by atoms with Crippen molar-refractivity contribution in [3.05, 3.63) is 11.5 Å². The van der Waals surface area contributed by atoms with E-state index in [4.69, 9.17) is 9.26 Å². The highest BCUT2D eigenvalue weighted by Gasteiger charge is 2.18. The second-order valence-corrected chi connectivity index (χ2v) is 4.61. The number of nitrogens with one attached hydrogen (secondary N) is 1. The van der Waals surface area contributed by atoms with Crippen molar-refractivity contribution < 1.29 is 9.26 Å².